The average molecular weight is 458 g/mol. The van der Waals surface area contributed by atoms with E-state index >= 15 is 0 Å². The second-order valence-electron chi connectivity index (χ2n) is 9.32. The number of aromatic nitrogens is 6. The molecule has 3 aromatic heterocycles. The number of amides is 1. The summed E-state index contributed by atoms with van der Waals surface area (Å²) in [6, 6.07) is 8.24. The third-order valence-electron chi connectivity index (χ3n) is 6.48. The highest BCUT2D eigenvalue weighted by molar-refractivity contribution is 6.04. The van der Waals surface area contributed by atoms with E-state index in [2.05, 4.69) is 37.0 Å². The quantitative estimate of drug-likeness (QED) is 0.483. The van der Waals surface area contributed by atoms with Crippen LogP contribution in [0.25, 0.3) is 17.2 Å². The molecular formula is C25H24FN7O. The minimum Gasteiger partial charge on any atom is -0.309 e. The van der Waals surface area contributed by atoms with Crippen LogP contribution in [0.3, 0.4) is 0 Å². The Bertz CT molecular complexity index is 1420. The maximum atomic E-state index is 14.8. The molecule has 1 atom stereocenters. The zero-order valence-electron chi connectivity index (χ0n) is 19.0. The van der Waals surface area contributed by atoms with Gasteiger partial charge in [0.1, 0.15) is 23.2 Å². The van der Waals surface area contributed by atoms with E-state index in [4.69, 9.17) is 0 Å². The molecule has 0 saturated heterocycles. The molecule has 0 bridgehead atoms. The van der Waals surface area contributed by atoms with Crippen LogP contribution in [0.4, 0.5) is 10.2 Å². The summed E-state index contributed by atoms with van der Waals surface area (Å²) < 4.78 is 18.7. The molecule has 4 heterocycles. The number of fused-ring (bicyclic) bond motifs is 1. The molecule has 1 aliphatic heterocycles. The Morgan fingerprint density at radius 1 is 1.21 bits per heavy atom. The van der Waals surface area contributed by atoms with Gasteiger partial charge in [-0.1, -0.05) is 13.0 Å². The number of aryl methyl sites for hydroxylation is 1. The van der Waals surface area contributed by atoms with Crippen LogP contribution < -0.4 is 5.32 Å². The fraction of sp³-hybridized carbons (Fsp3) is 0.320. The molecule has 1 unspecified atom stereocenters. The Morgan fingerprint density at radius 3 is 2.88 bits per heavy atom. The van der Waals surface area contributed by atoms with Crippen molar-refractivity contribution in [3.05, 3.63) is 71.3 Å². The molecule has 1 aromatic carbocycles. The summed E-state index contributed by atoms with van der Waals surface area (Å²) in [6.45, 7) is 4.83. The van der Waals surface area contributed by atoms with Crippen LogP contribution in [0.1, 0.15) is 53.1 Å². The van der Waals surface area contributed by atoms with Crippen LogP contribution in [0.5, 0.6) is 0 Å². The van der Waals surface area contributed by atoms with Crippen molar-refractivity contribution in [1.82, 2.24) is 29.3 Å². The molecule has 9 heteroatoms. The molecule has 4 aromatic rings. The lowest BCUT2D eigenvalue weighted by Gasteiger charge is -2.12. The molecule has 1 amide bonds. The minimum atomic E-state index is -0.582. The number of benzene rings is 1. The summed E-state index contributed by atoms with van der Waals surface area (Å²) in [5.41, 5.74) is 3.04. The highest BCUT2D eigenvalue weighted by Gasteiger charge is 2.27. The Kier molecular flexibility index (Phi) is 4.79. The van der Waals surface area contributed by atoms with Crippen LogP contribution in [0, 0.1) is 18.7 Å². The van der Waals surface area contributed by atoms with E-state index in [1.54, 1.807) is 24.5 Å². The van der Waals surface area contributed by atoms with Gasteiger partial charge >= 0.3 is 0 Å². The summed E-state index contributed by atoms with van der Waals surface area (Å²) in [7, 11) is 0. The van der Waals surface area contributed by atoms with Gasteiger partial charge in [-0.05, 0) is 55.5 Å². The number of rotatable bonds is 5. The van der Waals surface area contributed by atoms with E-state index in [9.17, 15) is 9.18 Å². The molecular weight excluding hydrogens is 433 g/mol. The number of anilines is 1. The van der Waals surface area contributed by atoms with Gasteiger partial charge in [0, 0.05) is 25.1 Å². The molecule has 8 nitrogen and oxygen atoms in total. The third-order valence-corrected chi connectivity index (χ3v) is 6.48. The Morgan fingerprint density at radius 2 is 2.06 bits per heavy atom. The second-order valence-corrected chi connectivity index (χ2v) is 9.32. The highest BCUT2D eigenvalue weighted by Crippen LogP contribution is 2.39. The van der Waals surface area contributed by atoms with Gasteiger partial charge < -0.3 is 14.5 Å². The smallest absolute Gasteiger partial charge is 0.259 e. The molecule has 172 valence electrons. The predicted octanol–water partition coefficient (Wildman–Crippen LogP) is 4.30. The van der Waals surface area contributed by atoms with Crippen LogP contribution in [0.2, 0.25) is 0 Å². The topological polar surface area (TPSA) is 90.5 Å². The van der Waals surface area contributed by atoms with Crippen molar-refractivity contribution in [1.29, 1.82) is 0 Å². The third kappa shape index (κ3) is 3.67. The maximum Gasteiger partial charge on any atom is 0.259 e. The van der Waals surface area contributed by atoms with Crippen molar-refractivity contribution in [3.8, 4) is 17.2 Å². The van der Waals surface area contributed by atoms with Gasteiger partial charge in [-0.25, -0.2) is 14.4 Å². The Labute approximate surface area is 195 Å². The van der Waals surface area contributed by atoms with Crippen molar-refractivity contribution >= 4 is 11.7 Å². The van der Waals surface area contributed by atoms with E-state index in [-0.39, 0.29) is 5.56 Å². The fourth-order valence-electron chi connectivity index (χ4n) is 4.54. The van der Waals surface area contributed by atoms with Gasteiger partial charge in [-0.2, -0.15) is 0 Å². The summed E-state index contributed by atoms with van der Waals surface area (Å²) >= 11 is 0. The SMILES string of the molecule is Cc1cc(F)c(C(=O)Nc2cccc(-c3nnc4n3CC(C)C4)n2)cc1-n1cnc(C2CC2)c1. The van der Waals surface area contributed by atoms with E-state index in [0.717, 1.165) is 48.6 Å². The molecule has 1 N–H and O–H groups in total. The molecule has 1 aliphatic carbocycles. The van der Waals surface area contributed by atoms with Crippen molar-refractivity contribution < 1.29 is 9.18 Å². The first-order chi connectivity index (χ1) is 16.5. The number of carbonyl (C=O) groups excluding carboxylic acids is 1. The summed E-state index contributed by atoms with van der Waals surface area (Å²) in [5, 5.41) is 11.3. The number of nitrogens with zero attached hydrogens (tertiary/aromatic N) is 6. The van der Waals surface area contributed by atoms with Crippen molar-refractivity contribution in [2.75, 3.05) is 5.32 Å². The fourth-order valence-corrected chi connectivity index (χ4v) is 4.54. The Hall–Kier alpha value is -3.88. The first-order valence-electron chi connectivity index (χ1n) is 11.5. The zero-order valence-corrected chi connectivity index (χ0v) is 19.0. The average Bonchev–Trinajstić information content (AvgIpc) is 3.23. The molecule has 0 spiro atoms. The normalized spacial score (nSPS) is 17.1. The zero-order chi connectivity index (χ0) is 23.4. The van der Waals surface area contributed by atoms with Gasteiger partial charge in [-0.3, -0.25) is 4.79 Å². The van der Waals surface area contributed by atoms with Crippen LogP contribution >= 0.6 is 0 Å². The maximum absolute atomic E-state index is 14.8. The number of hydrogen-bond acceptors (Lipinski definition) is 5. The minimum absolute atomic E-state index is 0.0494. The molecule has 0 radical (unpaired) electrons. The summed E-state index contributed by atoms with van der Waals surface area (Å²) in [5.74, 6) is 1.81. The lowest BCUT2D eigenvalue weighted by atomic mass is 10.1. The van der Waals surface area contributed by atoms with Gasteiger partial charge in [0.2, 0.25) is 0 Å². The van der Waals surface area contributed by atoms with Crippen molar-refractivity contribution in [3.63, 3.8) is 0 Å². The number of nitrogens with one attached hydrogen (secondary N) is 1. The first kappa shape index (κ1) is 20.7. The lowest BCUT2D eigenvalue weighted by molar-refractivity contribution is 0.102. The first-order valence-corrected chi connectivity index (χ1v) is 11.5. The van der Waals surface area contributed by atoms with Crippen LogP contribution in [-0.2, 0) is 13.0 Å². The second kappa shape index (κ2) is 7.86. The van der Waals surface area contributed by atoms with E-state index < -0.39 is 11.7 Å². The number of pyridine rings is 1. The molecule has 2 aliphatic rings. The van der Waals surface area contributed by atoms with E-state index in [1.807, 2.05) is 23.8 Å². The molecule has 34 heavy (non-hydrogen) atoms. The standard InChI is InChI=1S/C25H24FN7O/c1-14-8-23-30-31-24(33(23)11-14)19-4-3-5-22(28-19)29-25(34)17-10-21(15(2)9-18(17)26)32-12-20(27-13-32)16-6-7-16/h3-5,9-10,12-14,16H,6-8,11H2,1-2H3,(H,28,29,34). The van der Waals surface area contributed by atoms with E-state index in [1.165, 1.54) is 6.07 Å². The number of halogens is 1. The lowest BCUT2D eigenvalue weighted by Crippen LogP contribution is -2.16. The monoisotopic (exact) mass is 457 g/mol. The van der Waals surface area contributed by atoms with E-state index in [0.29, 0.717) is 29.2 Å². The number of hydrogen-bond donors (Lipinski definition) is 1. The van der Waals surface area contributed by atoms with Gasteiger partial charge in [0.25, 0.3) is 5.91 Å². The Balaban J connectivity index is 1.27. The van der Waals surface area contributed by atoms with Crippen molar-refractivity contribution in [2.24, 2.45) is 5.92 Å². The van der Waals surface area contributed by atoms with Crippen LogP contribution in [0.15, 0.2) is 42.9 Å². The van der Waals surface area contributed by atoms with Crippen molar-refractivity contribution in [2.45, 2.75) is 45.6 Å². The van der Waals surface area contributed by atoms with Crippen LogP contribution in [-0.4, -0.2) is 35.2 Å². The van der Waals surface area contributed by atoms with Gasteiger partial charge in [-0.15, -0.1) is 10.2 Å². The number of imidazole rings is 1. The largest absolute Gasteiger partial charge is 0.309 e. The number of carbonyl (C=O) groups is 1. The van der Waals surface area contributed by atoms with Gasteiger partial charge in [0.15, 0.2) is 5.82 Å². The summed E-state index contributed by atoms with van der Waals surface area (Å²) in [4.78, 5) is 22.0. The summed E-state index contributed by atoms with van der Waals surface area (Å²) in [6.07, 6.45) is 6.87. The molecule has 6 rings (SSSR count). The molecule has 1 fully saturated rings. The highest BCUT2D eigenvalue weighted by atomic mass is 19.1. The molecule has 1 saturated carbocycles. The van der Waals surface area contributed by atoms with Gasteiger partial charge in [0.05, 0.1) is 23.3 Å². The predicted molar refractivity (Wildman–Crippen MR) is 124 cm³/mol.